The molecule has 0 aromatic heterocycles. The van der Waals surface area contributed by atoms with E-state index in [0.29, 0.717) is 12.1 Å². The highest BCUT2D eigenvalue weighted by molar-refractivity contribution is 5.32. The highest BCUT2D eigenvalue weighted by Gasteiger charge is 2.25. The van der Waals surface area contributed by atoms with E-state index in [0.717, 1.165) is 6.54 Å². The molecule has 1 saturated carbocycles. The lowest BCUT2D eigenvalue weighted by Crippen LogP contribution is -2.43. The Morgan fingerprint density at radius 3 is 2.42 bits per heavy atom. The third kappa shape index (κ3) is 3.80. The maximum absolute atomic E-state index is 5.96. The van der Waals surface area contributed by atoms with Gasteiger partial charge >= 0.3 is 0 Å². The lowest BCUT2D eigenvalue weighted by molar-refractivity contribution is 0.319. The fourth-order valence-electron chi connectivity index (χ4n) is 3.15. The minimum atomic E-state index is 0.185. The number of aryl methyl sites for hydroxylation is 1. The maximum atomic E-state index is 5.96. The Kier molecular flexibility index (Phi) is 4.64. The Hall–Kier alpha value is -0.860. The Balaban J connectivity index is 1.93. The number of nitrogens with two attached hydrogens (primary N) is 1. The molecule has 0 bridgehead atoms. The number of hydrogen-bond acceptors (Lipinski definition) is 2. The molecule has 1 aromatic rings. The molecule has 0 amide bonds. The van der Waals surface area contributed by atoms with Crippen molar-refractivity contribution in [3.63, 3.8) is 0 Å². The van der Waals surface area contributed by atoms with Crippen molar-refractivity contribution in [2.75, 3.05) is 6.54 Å². The van der Waals surface area contributed by atoms with Crippen molar-refractivity contribution >= 4 is 0 Å². The van der Waals surface area contributed by atoms with Gasteiger partial charge in [-0.2, -0.15) is 0 Å². The molecule has 0 unspecified atom stereocenters. The van der Waals surface area contributed by atoms with Crippen molar-refractivity contribution in [1.29, 1.82) is 0 Å². The summed E-state index contributed by atoms with van der Waals surface area (Å²) < 4.78 is 0. The zero-order valence-corrected chi connectivity index (χ0v) is 12.6. The smallest absolute Gasteiger partial charge is 0.00685 e. The van der Waals surface area contributed by atoms with E-state index >= 15 is 0 Å². The van der Waals surface area contributed by atoms with Crippen LogP contribution < -0.4 is 11.1 Å². The topological polar surface area (TPSA) is 38.0 Å². The highest BCUT2D eigenvalue weighted by Crippen LogP contribution is 2.26. The first-order valence-corrected chi connectivity index (χ1v) is 7.54. The second-order valence-corrected chi connectivity index (χ2v) is 6.69. The van der Waals surface area contributed by atoms with Crippen LogP contribution in [0.1, 0.15) is 50.7 Å². The van der Waals surface area contributed by atoms with Crippen LogP contribution in [-0.4, -0.2) is 18.6 Å². The standard InChI is InChI=1S/C17H28N2/c1-13-6-4-5-7-16(13)17(2,3)12-19-15-10-8-14(18)9-11-15/h4-7,14-15,19H,8-12,18H2,1-3H3. The van der Waals surface area contributed by atoms with Gasteiger partial charge in [0.05, 0.1) is 0 Å². The monoisotopic (exact) mass is 260 g/mol. The summed E-state index contributed by atoms with van der Waals surface area (Å²) in [6, 6.07) is 9.81. The summed E-state index contributed by atoms with van der Waals surface area (Å²) in [5, 5.41) is 3.75. The average molecular weight is 260 g/mol. The summed E-state index contributed by atoms with van der Waals surface area (Å²) in [5.41, 5.74) is 8.99. The lowest BCUT2D eigenvalue weighted by atomic mass is 9.81. The van der Waals surface area contributed by atoms with Crippen LogP contribution in [0.2, 0.25) is 0 Å². The van der Waals surface area contributed by atoms with Crippen LogP contribution in [0, 0.1) is 6.92 Å². The van der Waals surface area contributed by atoms with E-state index in [9.17, 15) is 0 Å². The van der Waals surface area contributed by atoms with E-state index in [2.05, 4.69) is 50.4 Å². The highest BCUT2D eigenvalue weighted by atomic mass is 14.9. The summed E-state index contributed by atoms with van der Waals surface area (Å²) in [6.45, 7) is 7.91. The molecule has 3 N–H and O–H groups in total. The predicted octanol–water partition coefficient (Wildman–Crippen LogP) is 3.13. The Bertz CT molecular complexity index is 403. The first kappa shape index (κ1) is 14.5. The first-order chi connectivity index (χ1) is 8.99. The van der Waals surface area contributed by atoms with E-state index in [1.165, 1.54) is 36.8 Å². The second-order valence-electron chi connectivity index (χ2n) is 6.69. The molecule has 0 heterocycles. The molecule has 1 aromatic carbocycles. The largest absolute Gasteiger partial charge is 0.328 e. The van der Waals surface area contributed by atoms with Gasteiger partial charge in [0.15, 0.2) is 0 Å². The van der Waals surface area contributed by atoms with Gasteiger partial charge in [-0.05, 0) is 43.7 Å². The van der Waals surface area contributed by atoms with Gasteiger partial charge < -0.3 is 11.1 Å². The third-order valence-electron chi connectivity index (χ3n) is 4.48. The Labute approximate surface area is 117 Å². The SMILES string of the molecule is Cc1ccccc1C(C)(C)CNC1CCC(N)CC1. The van der Waals surface area contributed by atoms with Gasteiger partial charge in [0.1, 0.15) is 0 Å². The van der Waals surface area contributed by atoms with E-state index < -0.39 is 0 Å². The summed E-state index contributed by atoms with van der Waals surface area (Å²) >= 11 is 0. The van der Waals surface area contributed by atoms with Crippen molar-refractivity contribution in [1.82, 2.24) is 5.32 Å². The zero-order chi connectivity index (χ0) is 13.9. The molecular formula is C17H28N2. The third-order valence-corrected chi connectivity index (χ3v) is 4.48. The van der Waals surface area contributed by atoms with Crippen LogP contribution in [0.15, 0.2) is 24.3 Å². The van der Waals surface area contributed by atoms with Gasteiger partial charge in [-0.15, -0.1) is 0 Å². The van der Waals surface area contributed by atoms with Crippen molar-refractivity contribution in [3.8, 4) is 0 Å². The molecule has 1 aliphatic carbocycles. The molecule has 1 fully saturated rings. The maximum Gasteiger partial charge on any atom is 0.00685 e. The van der Waals surface area contributed by atoms with Crippen molar-refractivity contribution < 1.29 is 0 Å². The van der Waals surface area contributed by atoms with Gasteiger partial charge in [0.2, 0.25) is 0 Å². The summed E-state index contributed by atoms with van der Waals surface area (Å²) in [7, 11) is 0. The molecule has 1 aliphatic rings. The van der Waals surface area contributed by atoms with Crippen LogP contribution in [0.25, 0.3) is 0 Å². The van der Waals surface area contributed by atoms with E-state index in [-0.39, 0.29) is 5.41 Å². The summed E-state index contributed by atoms with van der Waals surface area (Å²) in [4.78, 5) is 0. The van der Waals surface area contributed by atoms with Crippen LogP contribution in [0.3, 0.4) is 0 Å². The number of benzene rings is 1. The molecule has 0 aliphatic heterocycles. The molecule has 19 heavy (non-hydrogen) atoms. The molecule has 0 atom stereocenters. The van der Waals surface area contributed by atoms with E-state index in [4.69, 9.17) is 5.73 Å². The van der Waals surface area contributed by atoms with Crippen LogP contribution in [-0.2, 0) is 5.41 Å². The van der Waals surface area contributed by atoms with Gasteiger partial charge in [-0.25, -0.2) is 0 Å². The molecular weight excluding hydrogens is 232 g/mol. The lowest BCUT2D eigenvalue weighted by Gasteiger charge is -2.33. The van der Waals surface area contributed by atoms with Crippen LogP contribution in [0.4, 0.5) is 0 Å². The molecule has 106 valence electrons. The molecule has 0 spiro atoms. The van der Waals surface area contributed by atoms with Gasteiger partial charge in [0.25, 0.3) is 0 Å². The quantitative estimate of drug-likeness (QED) is 0.873. The Morgan fingerprint density at radius 2 is 1.79 bits per heavy atom. The van der Waals surface area contributed by atoms with Gasteiger partial charge in [0, 0.05) is 24.0 Å². The summed E-state index contributed by atoms with van der Waals surface area (Å²) in [5.74, 6) is 0. The molecule has 2 rings (SSSR count). The van der Waals surface area contributed by atoms with E-state index in [1.54, 1.807) is 0 Å². The van der Waals surface area contributed by atoms with Gasteiger partial charge in [-0.1, -0.05) is 38.1 Å². The van der Waals surface area contributed by atoms with Crippen LogP contribution >= 0.6 is 0 Å². The molecule has 0 saturated heterocycles. The number of rotatable bonds is 4. The fraction of sp³-hybridized carbons (Fsp3) is 0.647. The Morgan fingerprint density at radius 1 is 1.16 bits per heavy atom. The number of hydrogen-bond donors (Lipinski definition) is 2. The minimum Gasteiger partial charge on any atom is -0.328 e. The molecule has 0 radical (unpaired) electrons. The molecule has 2 nitrogen and oxygen atoms in total. The average Bonchev–Trinajstić information content (AvgIpc) is 2.38. The van der Waals surface area contributed by atoms with Gasteiger partial charge in [-0.3, -0.25) is 0 Å². The normalized spacial score (nSPS) is 24.4. The van der Waals surface area contributed by atoms with Crippen molar-refractivity contribution in [2.45, 2.75) is 64.0 Å². The summed E-state index contributed by atoms with van der Waals surface area (Å²) in [6.07, 6.45) is 4.79. The zero-order valence-electron chi connectivity index (χ0n) is 12.6. The number of nitrogens with one attached hydrogen (secondary N) is 1. The fourth-order valence-corrected chi connectivity index (χ4v) is 3.15. The minimum absolute atomic E-state index is 0.185. The van der Waals surface area contributed by atoms with Crippen molar-refractivity contribution in [3.05, 3.63) is 35.4 Å². The molecule has 2 heteroatoms. The van der Waals surface area contributed by atoms with E-state index in [1.807, 2.05) is 0 Å². The predicted molar refractivity (Wildman–Crippen MR) is 82.4 cm³/mol. The van der Waals surface area contributed by atoms with Crippen molar-refractivity contribution in [2.24, 2.45) is 5.73 Å². The first-order valence-electron chi connectivity index (χ1n) is 7.54. The van der Waals surface area contributed by atoms with Crippen LogP contribution in [0.5, 0.6) is 0 Å². The second kappa shape index (κ2) is 6.06.